The smallest absolute Gasteiger partial charge is 0.0147 e. The summed E-state index contributed by atoms with van der Waals surface area (Å²) in [4.78, 5) is 0. The highest BCUT2D eigenvalue weighted by molar-refractivity contribution is 5.45. The van der Waals surface area contributed by atoms with Crippen molar-refractivity contribution in [2.24, 2.45) is 10.8 Å². The van der Waals surface area contributed by atoms with Crippen LogP contribution in [0.1, 0.15) is 75.6 Å². The van der Waals surface area contributed by atoms with Gasteiger partial charge in [-0.1, -0.05) is 120 Å². The third kappa shape index (κ3) is 4.38. The molecule has 0 bridgehead atoms. The van der Waals surface area contributed by atoms with Gasteiger partial charge in [-0.25, -0.2) is 0 Å². The Bertz CT molecular complexity index is 800. The van der Waals surface area contributed by atoms with E-state index in [2.05, 4.69) is 126 Å². The van der Waals surface area contributed by atoms with Crippen LogP contribution < -0.4 is 0 Å². The Hall–Kier alpha value is -2.34. The highest BCUT2D eigenvalue weighted by Crippen LogP contribution is 2.48. The van der Waals surface area contributed by atoms with E-state index in [-0.39, 0.29) is 10.8 Å². The Balaban J connectivity index is 2.24. The van der Waals surface area contributed by atoms with Gasteiger partial charge in [0, 0.05) is 11.8 Å². The van der Waals surface area contributed by atoms with Gasteiger partial charge in [-0.3, -0.25) is 0 Å². The lowest BCUT2D eigenvalue weighted by Crippen LogP contribution is -2.26. The molecule has 0 amide bonds. The van der Waals surface area contributed by atoms with Gasteiger partial charge in [-0.05, 0) is 39.2 Å². The Morgan fingerprint density at radius 2 is 1.04 bits per heavy atom. The van der Waals surface area contributed by atoms with Crippen LogP contribution >= 0.6 is 0 Å². The van der Waals surface area contributed by atoms with Gasteiger partial charge in [0.15, 0.2) is 0 Å². The molecule has 0 saturated heterocycles. The van der Waals surface area contributed by atoms with E-state index in [0.717, 1.165) is 0 Å². The number of hydrogen-bond donors (Lipinski definition) is 0. The van der Waals surface area contributed by atoms with Gasteiger partial charge in [0.05, 0.1) is 0 Å². The molecule has 0 heterocycles. The lowest BCUT2D eigenvalue weighted by atomic mass is 9.66. The molecule has 0 aliphatic rings. The Morgan fingerprint density at radius 1 is 0.571 bits per heavy atom. The van der Waals surface area contributed by atoms with E-state index in [9.17, 15) is 0 Å². The molecule has 0 aromatic heterocycles. The van der Waals surface area contributed by atoms with Gasteiger partial charge in [0.2, 0.25) is 0 Å². The molecule has 0 nitrogen and oxygen atoms in total. The average molecular weight is 370 g/mol. The van der Waals surface area contributed by atoms with Crippen molar-refractivity contribution in [3.8, 4) is 0 Å². The molecule has 0 aliphatic heterocycles. The van der Waals surface area contributed by atoms with Crippen molar-refractivity contribution >= 4 is 0 Å². The largest absolute Gasteiger partial charge is 0.0622 e. The topological polar surface area (TPSA) is 0 Å². The molecule has 0 heteroatoms. The zero-order chi connectivity index (χ0) is 20.4. The van der Waals surface area contributed by atoms with Gasteiger partial charge < -0.3 is 0 Å². The number of hydrogen-bond acceptors (Lipinski definition) is 0. The van der Waals surface area contributed by atoms with Gasteiger partial charge >= 0.3 is 0 Å². The van der Waals surface area contributed by atoms with Crippen molar-refractivity contribution in [2.75, 3.05) is 0 Å². The SMILES string of the molecule is CC(C)(C)C(c1ccccc1)c1[c]cccc1C(c1ccccc1)C(C)(C)C. The summed E-state index contributed by atoms with van der Waals surface area (Å²) in [5.41, 5.74) is 5.64. The minimum absolute atomic E-state index is 0.0904. The van der Waals surface area contributed by atoms with Gasteiger partial charge in [0.1, 0.15) is 0 Å². The molecule has 3 aromatic carbocycles. The summed E-state index contributed by atoms with van der Waals surface area (Å²) in [6.45, 7) is 14.0. The van der Waals surface area contributed by atoms with Crippen molar-refractivity contribution in [1.82, 2.24) is 0 Å². The van der Waals surface area contributed by atoms with Crippen LogP contribution in [0.25, 0.3) is 0 Å². The van der Waals surface area contributed by atoms with Crippen LogP contribution in [0.15, 0.2) is 78.9 Å². The second-order valence-corrected chi connectivity index (χ2v) is 9.96. The molecule has 3 rings (SSSR count). The fraction of sp³-hybridized carbons (Fsp3) is 0.357. The van der Waals surface area contributed by atoms with Gasteiger partial charge in [-0.15, -0.1) is 0 Å². The summed E-state index contributed by atoms with van der Waals surface area (Å²) < 4.78 is 0. The number of rotatable bonds is 4. The minimum Gasteiger partial charge on any atom is -0.0622 e. The second kappa shape index (κ2) is 7.95. The molecule has 3 aromatic rings. The zero-order valence-corrected chi connectivity index (χ0v) is 18.2. The Morgan fingerprint density at radius 3 is 1.50 bits per heavy atom. The lowest BCUT2D eigenvalue weighted by molar-refractivity contribution is 0.336. The van der Waals surface area contributed by atoms with Crippen LogP contribution in [0.2, 0.25) is 0 Å². The van der Waals surface area contributed by atoms with Crippen molar-refractivity contribution in [3.63, 3.8) is 0 Å². The summed E-state index contributed by atoms with van der Waals surface area (Å²) in [5, 5.41) is 0. The van der Waals surface area contributed by atoms with E-state index < -0.39 is 0 Å². The summed E-state index contributed by atoms with van der Waals surface area (Å²) >= 11 is 0. The van der Waals surface area contributed by atoms with E-state index in [1.54, 1.807) is 0 Å². The molecule has 0 spiro atoms. The highest BCUT2D eigenvalue weighted by Gasteiger charge is 2.35. The predicted molar refractivity (Wildman–Crippen MR) is 121 cm³/mol. The van der Waals surface area contributed by atoms with Crippen molar-refractivity contribution in [2.45, 2.75) is 53.4 Å². The molecule has 2 unspecified atom stereocenters. The molecule has 0 saturated carbocycles. The molecule has 28 heavy (non-hydrogen) atoms. The standard InChI is InChI=1S/C28H33/c1-27(2,3)25(21-15-9-7-10-16-21)23-19-13-14-20-24(23)26(28(4,5)6)22-17-11-8-12-18-22/h7-19,25-26H,1-6H3. The van der Waals surface area contributed by atoms with Crippen LogP contribution in [0.5, 0.6) is 0 Å². The lowest BCUT2D eigenvalue weighted by Gasteiger charge is -2.38. The molecule has 1 radical (unpaired) electrons. The van der Waals surface area contributed by atoms with Crippen LogP contribution in [-0.2, 0) is 0 Å². The Kier molecular flexibility index (Phi) is 5.79. The maximum atomic E-state index is 3.66. The molecular formula is C28H33. The molecule has 145 valence electrons. The molecule has 0 aliphatic carbocycles. The third-order valence-electron chi connectivity index (χ3n) is 5.52. The highest BCUT2D eigenvalue weighted by atomic mass is 14.4. The van der Waals surface area contributed by atoms with Crippen molar-refractivity contribution in [3.05, 3.63) is 107 Å². The summed E-state index contributed by atoms with van der Waals surface area (Å²) in [7, 11) is 0. The van der Waals surface area contributed by atoms with E-state index in [1.807, 2.05) is 0 Å². The van der Waals surface area contributed by atoms with Gasteiger partial charge in [-0.2, -0.15) is 0 Å². The summed E-state index contributed by atoms with van der Waals surface area (Å²) in [5.74, 6) is 0.605. The van der Waals surface area contributed by atoms with E-state index in [1.165, 1.54) is 22.3 Å². The summed E-state index contributed by atoms with van der Waals surface area (Å²) in [6.07, 6.45) is 0. The first-order valence-corrected chi connectivity index (χ1v) is 10.3. The van der Waals surface area contributed by atoms with Crippen molar-refractivity contribution in [1.29, 1.82) is 0 Å². The van der Waals surface area contributed by atoms with E-state index >= 15 is 0 Å². The quantitative estimate of drug-likeness (QED) is 0.439. The first-order valence-electron chi connectivity index (χ1n) is 10.3. The maximum Gasteiger partial charge on any atom is 0.0147 e. The normalized spacial score (nSPS) is 14.5. The van der Waals surface area contributed by atoms with Gasteiger partial charge in [0.25, 0.3) is 0 Å². The van der Waals surface area contributed by atoms with E-state index in [0.29, 0.717) is 11.8 Å². The van der Waals surface area contributed by atoms with E-state index in [4.69, 9.17) is 0 Å². The minimum atomic E-state index is 0.0904. The van der Waals surface area contributed by atoms with Crippen LogP contribution in [0.4, 0.5) is 0 Å². The fourth-order valence-corrected chi connectivity index (χ4v) is 4.50. The molecular weight excluding hydrogens is 336 g/mol. The van der Waals surface area contributed by atoms with Crippen molar-refractivity contribution < 1.29 is 0 Å². The maximum absolute atomic E-state index is 3.66. The Labute approximate surface area is 171 Å². The number of benzene rings is 3. The summed E-state index contributed by atoms with van der Waals surface area (Å²) in [6, 6.07) is 32.0. The first kappa shape index (κ1) is 20.4. The van der Waals surface area contributed by atoms with Crippen LogP contribution in [-0.4, -0.2) is 0 Å². The zero-order valence-electron chi connectivity index (χ0n) is 18.2. The fourth-order valence-electron chi connectivity index (χ4n) is 4.50. The molecule has 0 fully saturated rings. The van der Waals surface area contributed by atoms with Crippen LogP contribution in [0, 0.1) is 16.9 Å². The average Bonchev–Trinajstić information content (AvgIpc) is 2.63. The second-order valence-electron chi connectivity index (χ2n) is 9.96. The predicted octanol–water partition coefficient (Wildman–Crippen LogP) is 7.84. The molecule has 0 N–H and O–H groups in total. The first-order chi connectivity index (χ1) is 13.2. The third-order valence-corrected chi connectivity index (χ3v) is 5.52. The van der Waals surface area contributed by atoms with Crippen LogP contribution in [0.3, 0.4) is 0 Å². The monoisotopic (exact) mass is 369 g/mol. The molecule has 2 atom stereocenters.